The Morgan fingerprint density at radius 2 is 1.66 bits per heavy atom. The van der Waals surface area contributed by atoms with Crippen LogP contribution in [0.3, 0.4) is 0 Å². The molecule has 1 aliphatic heterocycles. The second kappa shape index (κ2) is 8.82. The van der Waals surface area contributed by atoms with Gasteiger partial charge in [-0.1, -0.05) is 61.9 Å². The Bertz CT molecular complexity index is 984. The molecule has 0 bridgehead atoms. The highest BCUT2D eigenvalue weighted by atomic mass is 19.1. The molecule has 0 amide bonds. The highest BCUT2D eigenvalue weighted by Gasteiger charge is 2.25. The molecule has 4 rings (SSSR count). The number of hydrogen-bond donors (Lipinski definition) is 1. The Kier molecular flexibility index (Phi) is 5.80. The van der Waals surface area contributed by atoms with Gasteiger partial charge in [0.05, 0.1) is 18.3 Å². The van der Waals surface area contributed by atoms with Crippen LogP contribution in [-0.4, -0.2) is 6.61 Å². The normalized spacial score (nSPS) is 15.4. The quantitative estimate of drug-likeness (QED) is 0.484. The summed E-state index contributed by atoms with van der Waals surface area (Å²) in [4.78, 5) is 0. The summed E-state index contributed by atoms with van der Waals surface area (Å²) in [7, 11) is 0. The zero-order valence-corrected chi connectivity index (χ0v) is 16.5. The van der Waals surface area contributed by atoms with Crippen LogP contribution in [0.4, 0.5) is 10.1 Å². The van der Waals surface area contributed by atoms with Crippen molar-refractivity contribution in [1.29, 1.82) is 0 Å². The lowest BCUT2D eigenvalue weighted by molar-refractivity contribution is 0.309. The maximum Gasteiger partial charge on any atom is 0.131 e. The van der Waals surface area contributed by atoms with Gasteiger partial charge in [0.25, 0.3) is 0 Å². The molecule has 1 unspecified atom stereocenters. The molecule has 1 N–H and O–H groups in total. The van der Waals surface area contributed by atoms with Gasteiger partial charge in [0.2, 0.25) is 0 Å². The number of ether oxygens (including phenoxy) is 1. The highest BCUT2D eigenvalue weighted by molar-refractivity contribution is 5.79. The number of hydrogen-bond acceptors (Lipinski definition) is 3. The van der Waals surface area contributed by atoms with Crippen LogP contribution in [0.1, 0.15) is 31.4 Å². The summed E-state index contributed by atoms with van der Waals surface area (Å²) in [5.41, 5.74) is 6.82. The second-order valence-electron chi connectivity index (χ2n) is 7.07. The van der Waals surface area contributed by atoms with E-state index in [-0.39, 0.29) is 11.9 Å². The Labute approximate surface area is 171 Å². The van der Waals surface area contributed by atoms with E-state index in [0.717, 1.165) is 42.0 Å². The van der Waals surface area contributed by atoms with Crippen molar-refractivity contribution in [3.63, 3.8) is 0 Å². The average molecular weight is 388 g/mol. The van der Waals surface area contributed by atoms with Crippen molar-refractivity contribution >= 4 is 5.69 Å². The molecule has 0 saturated carbocycles. The van der Waals surface area contributed by atoms with Crippen LogP contribution in [0, 0.1) is 5.82 Å². The minimum absolute atomic E-state index is 0.00705. The lowest BCUT2D eigenvalue weighted by atomic mass is 10.0. The molecule has 3 aromatic carbocycles. The van der Waals surface area contributed by atoms with E-state index in [0.29, 0.717) is 5.56 Å². The number of benzene rings is 3. The molecule has 0 aromatic heterocycles. The first kappa shape index (κ1) is 19.1. The predicted molar refractivity (Wildman–Crippen MR) is 116 cm³/mol. The molecule has 3 nitrogen and oxygen atoms in total. The van der Waals surface area contributed by atoms with Gasteiger partial charge in [-0.2, -0.15) is 0 Å². The smallest absolute Gasteiger partial charge is 0.131 e. The second-order valence-corrected chi connectivity index (χ2v) is 7.07. The van der Waals surface area contributed by atoms with Crippen LogP contribution in [0.5, 0.6) is 5.75 Å². The van der Waals surface area contributed by atoms with Gasteiger partial charge in [-0.15, -0.1) is 0 Å². The zero-order valence-electron chi connectivity index (χ0n) is 16.5. The SMILES string of the molecule is CCCCOc1ccc(C2C=CNN2c2ccccc2-c2ccccc2F)cc1. The Balaban J connectivity index is 1.61. The number of unbranched alkanes of at least 4 members (excludes halogenated alkanes) is 1. The number of halogens is 1. The molecule has 4 heteroatoms. The van der Waals surface area contributed by atoms with Crippen molar-refractivity contribution < 1.29 is 9.13 Å². The summed E-state index contributed by atoms with van der Waals surface area (Å²) >= 11 is 0. The standard InChI is InChI=1S/C25H25FN2O/c1-2-3-18-29-20-14-12-19(13-15-20)24-16-17-27-28(24)25-11-7-5-9-22(25)21-8-4-6-10-23(21)26/h4-17,24,27H,2-3,18H2,1H3. The molecule has 1 aliphatic rings. The zero-order chi connectivity index (χ0) is 20.1. The van der Waals surface area contributed by atoms with Crippen LogP contribution in [0.25, 0.3) is 11.1 Å². The summed E-state index contributed by atoms with van der Waals surface area (Å²) in [6.07, 6.45) is 6.20. The molecule has 1 atom stereocenters. The summed E-state index contributed by atoms with van der Waals surface area (Å²) in [5, 5.41) is 2.06. The number of para-hydroxylation sites is 1. The maximum absolute atomic E-state index is 14.5. The predicted octanol–water partition coefficient (Wildman–Crippen LogP) is 6.25. The Hall–Kier alpha value is -3.27. The van der Waals surface area contributed by atoms with Crippen LogP contribution in [0.15, 0.2) is 85.1 Å². The molecule has 0 radical (unpaired) electrons. The lowest BCUT2D eigenvalue weighted by Gasteiger charge is -2.29. The van der Waals surface area contributed by atoms with E-state index in [9.17, 15) is 4.39 Å². The van der Waals surface area contributed by atoms with Crippen molar-refractivity contribution in [3.05, 3.63) is 96.5 Å². The molecule has 3 aromatic rings. The average Bonchev–Trinajstić information content (AvgIpc) is 3.25. The first-order valence-corrected chi connectivity index (χ1v) is 10.1. The van der Waals surface area contributed by atoms with E-state index < -0.39 is 0 Å². The third kappa shape index (κ3) is 4.11. The molecular weight excluding hydrogens is 363 g/mol. The largest absolute Gasteiger partial charge is 0.494 e. The maximum atomic E-state index is 14.5. The molecule has 0 spiro atoms. The molecule has 29 heavy (non-hydrogen) atoms. The van der Waals surface area contributed by atoms with Crippen molar-refractivity contribution in [2.24, 2.45) is 0 Å². The topological polar surface area (TPSA) is 24.5 Å². The first-order chi connectivity index (χ1) is 14.3. The van der Waals surface area contributed by atoms with Crippen molar-refractivity contribution in [1.82, 2.24) is 5.43 Å². The van der Waals surface area contributed by atoms with E-state index in [2.05, 4.69) is 35.6 Å². The van der Waals surface area contributed by atoms with Gasteiger partial charge in [-0.05, 0) is 42.3 Å². The molecule has 0 fully saturated rings. The molecule has 1 heterocycles. The third-order valence-electron chi connectivity index (χ3n) is 5.09. The third-order valence-corrected chi connectivity index (χ3v) is 5.09. The fraction of sp³-hybridized carbons (Fsp3) is 0.200. The van der Waals surface area contributed by atoms with Gasteiger partial charge in [-0.3, -0.25) is 5.01 Å². The van der Waals surface area contributed by atoms with E-state index >= 15 is 0 Å². The summed E-state index contributed by atoms with van der Waals surface area (Å²) in [5.74, 6) is 0.660. The Morgan fingerprint density at radius 1 is 0.931 bits per heavy atom. The van der Waals surface area contributed by atoms with Gasteiger partial charge in [0.1, 0.15) is 11.6 Å². The van der Waals surface area contributed by atoms with E-state index in [1.807, 2.05) is 54.7 Å². The number of rotatable bonds is 7. The fourth-order valence-electron chi connectivity index (χ4n) is 3.55. The minimum atomic E-state index is -0.225. The minimum Gasteiger partial charge on any atom is -0.494 e. The monoisotopic (exact) mass is 388 g/mol. The van der Waals surface area contributed by atoms with E-state index in [1.54, 1.807) is 6.07 Å². The Morgan fingerprint density at radius 3 is 2.41 bits per heavy atom. The van der Waals surface area contributed by atoms with Crippen molar-refractivity contribution in [2.45, 2.75) is 25.8 Å². The van der Waals surface area contributed by atoms with Crippen LogP contribution in [0.2, 0.25) is 0 Å². The van der Waals surface area contributed by atoms with Crippen LogP contribution >= 0.6 is 0 Å². The van der Waals surface area contributed by atoms with Gasteiger partial charge >= 0.3 is 0 Å². The number of hydrazine groups is 1. The lowest BCUT2D eigenvalue weighted by Crippen LogP contribution is -2.32. The van der Waals surface area contributed by atoms with Crippen LogP contribution in [-0.2, 0) is 0 Å². The number of anilines is 1. The molecule has 0 aliphatic carbocycles. The molecule has 148 valence electrons. The summed E-state index contributed by atoms with van der Waals surface area (Å²) < 4.78 is 20.2. The van der Waals surface area contributed by atoms with Crippen LogP contribution < -0.4 is 15.2 Å². The molecule has 0 saturated heterocycles. The van der Waals surface area contributed by atoms with Gasteiger partial charge in [0, 0.05) is 17.3 Å². The number of nitrogens with one attached hydrogen (secondary N) is 1. The van der Waals surface area contributed by atoms with E-state index in [4.69, 9.17) is 4.74 Å². The first-order valence-electron chi connectivity index (χ1n) is 10.1. The van der Waals surface area contributed by atoms with Gasteiger partial charge < -0.3 is 10.2 Å². The van der Waals surface area contributed by atoms with Gasteiger partial charge in [-0.25, -0.2) is 4.39 Å². The van der Waals surface area contributed by atoms with Crippen molar-refractivity contribution in [2.75, 3.05) is 11.6 Å². The van der Waals surface area contributed by atoms with E-state index in [1.165, 1.54) is 6.07 Å². The van der Waals surface area contributed by atoms with Crippen molar-refractivity contribution in [3.8, 4) is 16.9 Å². The molecular formula is C25H25FN2O. The summed E-state index contributed by atoms with van der Waals surface area (Å²) in [6, 6.07) is 23.0. The highest BCUT2D eigenvalue weighted by Crippen LogP contribution is 2.37. The van der Waals surface area contributed by atoms with Gasteiger partial charge in [0.15, 0.2) is 0 Å². The summed E-state index contributed by atoms with van der Waals surface area (Å²) in [6.45, 7) is 2.89. The number of nitrogens with zero attached hydrogens (tertiary/aromatic N) is 1. The fourth-order valence-corrected chi connectivity index (χ4v) is 3.55.